The number of nitrogens with zero attached hydrogens (tertiary/aromatic N) is 3. The van der Waals surface area contributed by atoms with Crippen molar-refractivity contribution in [1.29, 1.82) is 0 Å². The van der Waals surface area contributed by atoms with Crippen LogP contribution in [0.5, 0.6) is 11.5 Å². The molecule has 0 spiro atoms. The van der Waals surface area contributed by atoms with Gasteiger partial charge in [-0.25, -0.2) is 0 Å². The number of halogens is 3. The smallest absolute Gasteiger partial charge is 0.433 e. The molecule has 0 bridgehead atoms. The predicted molar refractivity (Wildman–Crippen MR) is 109 cm³/mol. The maximum atomic E-state index is 12.7. The second-order valence-electron chi connectivity index (χ2n) is 7.61. The van der Waals surface area contributed by atoms with Gasteiger partial charge in [0.25, 0.3) is 0 Å². The first kappa shape index (κ1) is 22.4. The van der Waals surface area contributed by atoms with E-state index in [1.54, 1.807) is 14.2 Å². The Balaban J connectivity index is 1.54. The summed E-state index contributed by atoms with van der Waals surface area (Å²) < 4.78 is 49.0. The van der Waals surface area contributed by atoms with Crippen LogP contribution in [0.15, 0.2) is 36.5 Å². The van der Waals surface area contributed by atoms with E-state index in [1.807, 2.05) is 25.2 Å². The van der Waals surface area contributed by atoms with Crippen molar-refractivity contribution in [3.63, 3.8) is 0 Å². The van der Waals surface area contributed by atoms with Gasteiger partial charge in [-0.05, 0) is 56.7 Å². The molecule has 0 amide bonds. The highest BCUT2D eigenvalue weighted by molar-refractivity contribution is 5.44. The van der Waals surface area contributed by atoms with Gasteiger partial charge >= 0.3 is 6.18 Å². The number of pyridine rings is 1. The van der Waals surface area contributed by atoms with Gasteiger partial charge in [0.15, 0.2) is 0 Å². The van der Waals surface area contributed by atoms with Crippen molar-refractivity contribution in [3.8, 4) is 11.5 Å². The summed E-state index contributed by atoms with van der Waals surface area (Å²) in [7, 11) is 5.34. The number of piperidine rings is 1. The molecule has 1 aliphatic heterocycles. The molecule has 30 heavy (non-hydrogen) atoms. The first-order valence-electron chi connectivity index (χ1n) is 9.96. The van der Waals surface area contributed by atoms with Crippen LogP contribution in [0, 0.1) is 0 Å². The Morgan fingerprint density at radius 2 is 1.70 bits per heavy atom. The number of hydrogen-bond donors (Lipinski definition) is 0. The van der Waals surface area contributed by atoms with E-state index < -0.39 is 11.9 Å². The highest BCUT2D eigenvalue weighted by atomic mass is 19.4. The van der Waals surface area contributed by atoms with Crippen molar-refractivity contribution in [2.24, 2.45) is 0 Å². The van der Waals surface area contributed by atoms with Gasteiger partial charge in [0.2, 0.25) is 0 Å². The number of aromatic nitrogens is 1. The fourth-order valence-electron chi connectivity index (χ4n) is 3.93. The number of ether oxygens (including phenoxy) is 2. The molecule has 8 heteroatoms. The van der Waals surface area contributed by atoms with Gasteiger partial charge in [-0.1, -0.05) is 12.1 Å². The fraction of sp³-hybridized carbons (Fsp3) is 0.500. The second kappa shape index (κ2) is 9.66. The van der Waals surface area contributed by atoms with E-state index in [0.29, 0.717) is 12.6 Å². The summed E-state index contributed by atoms with van der Waals surface area (Å²) in [6, 6.07) is 8.73. The van der Waals surface area contributed by atoms with Gasteiger partial charge < -0.3 is 9.47 Å². The number of benzene rings is 1. The van der Waals surface area contributed by atoms with Crippen molar-refractivity contribution in [2.75, 3.05) is 34.4 Å². The van der Waals surface area contributed by atoms with Crippen molar-refractivity contribution in [3.05, 3.63) is 53.3 Å². The van der Waals surface area contributed by atoms with Crippen LogP contribution in [-0.4, -0.2) is 55.2 Å². The van der Waals surface area contributed by atoms with Crippen LogP contribution in [0.4, 0.5) is 13.2 Å². The standard InChI is InChI=1S/C22H28F3N3O2/c1-27(14-16-7-8-21(26-13-16)22(23,24)25)17-9-11-28(12-10-17)15-18-19(29-2)5-4-6-20(18)30-3/h4-8,13,17H,9-12,14-15H2,1-3H3. The predicted octanol–water partition coefficient (Wildman–Crippen LogP) is 4.21. The maximum absolute atomic E-state index is 12.7. The third-order valence-corrected chi connectivity index (χ3v) is 5.64. The van der Waals surface area contributed by atoms with E-state index in [9.17, 15) is 13.2 Å². The number of likely N-dealkylation sites (tertiary alicyclic amines) is 1. The normalized spacial score (nSPS) is 16.1. The van der Waals surface area contributed by atoms with Crippen molar-refractivity contribution >= 4 is 0 Å². The highest BCUT2D eigenvalue weighted by Crippen LogP contribution is 2.31. The van der Waals surface area contributed by atoms with Gasteiger partial charge in [0.05, 0.1) is 19.8 Å². The van der Waals surface area contributed by atoms with Gasteiger partial charge in [0, 0.05) is 25.3 Å². The second-order valence-corrected chi connectivity index (χ2v) is 7.61. The zero-order valence-corrected chi connectivity index (χ0v) is 17.6. The molecule has 2 aromatic rings. The number of hydrogen-bond acceptors (Lipinski definition) is 5. The molecule has 0 N–H and O–H groups in total. The van der Waals surface area contributed by atoms with E-state index in [0.717, 1.165) is 61.2 Å². The molecule has 3 rings (SSSR count). The molecule has 1 saturated heterocycles. The summed E-state index contributed by atoms with van der Waals surface area (Å²) in [4.78, 5) is 8.14. The first-order chi connectivity index (χ1) is 14.3. The molecule has 1 aromatic carbocycles. The Morgan fingerprint density at radius 3 is 2.20 bits per heavy atom. The lowest BCUT2D eigenvalue weighted by Gasteiger charge is -2.37. The first-order valence-corrected chi connectivity index (χ1v) is 9.96. The summed E-state index contributed by atoms with van der Waals surface area (Å²) >= 11 is 0. The topological polar surface area (TPSA) is 37.8 Å². The zero-order chi connectivity index (χ0) is 21.7. The van der Waals surface area contributed by atoms with Gasteiger partial charge in [-0.3, -0.25) is 14.8 Å². The average molecular weight is 423 g/mol. The monoisotopic (exact) mass is 423 g/mol. The average Bonchev–Trinajstić information content (AvgIpc) is 2.74. The number of methoxy groups -OCH3 is 2. The third kappa shape index (κ3) is 5.43. The Morgan fingerprint density at radius 1 is 1.07 bits per heavy atom. The quantitative estimate of drug-likeness (QED) is 0.667. The van der Waals surface area contributed by atoms with Crippen molar-refractivity contribution in [1.82, 2.24) is 14.8 Å². The molecule has 0 atom stereocenters. The van der Waals surface area contributed by atoms with Crippen LogP contribution in [0.25, 0.3) is 0 Å². The Bertz CT molecular complexity index is 797. The summed E-state index contributed by atoms with van der Waals surface area (Å²) in [5.74, 6) is 1.65. The molecule has 0 aliphatic carbocycles. The molecule has 0 radical (unpaired) electrons. The van der Waals surface area contributed by atoms with Crippen LogP contribution < -0.4 is 9.47 Å². The molecule has 5 nitrogen and oxygen atoms in total. The minimum atomic E-state index is -4.40. The van der Waals surface area contributed by atoms with Crippen molar-refractivity contribution < 1.29 is 22.6 Å². The van der Waals surface area contributed by atoms with E-state index >= 15 is 0 Å². The summed E-state index contributed by atoms with van der Waals surface area (Å²) in [5, 5.41) is 0. The van der Waals surface area contributed by atoms with Gasteiger partial charge in [-0.15, -0.1) is 0 Å². The maximum Gasteiger partial charge on any atom is 0.433 e. The molecule has 164 valence electrons. The molecule has 0 unspecified atom stereocenters. The molecule has 0 saturated carbocycles. The third-order valence-electron chi connectivity index (χ3n) is 5.64. The van der Waals surface area contributed by atoms with Gasteiger partial charge in [-0.2, -0.15) is 13.2 Å². The Hall–Kier alpha value is -2.32. The van der Waals surface area contributed by atoms with Crippen LogP contribution in [-0.2, 0) is 19.3 Å². The molecular weight excluding hydrogens is 395 g/mol. The number of alkyl halides is 3. The van der Waals surface area contributed by atoms with E-state index in [1.165, 1.54) is 12.3 Å². The van der Waals surface area contributed by atoms with Crippen LogP contribution in [0.3, 0.4) is 0 Å². The van der Waals surface area contributed by atoms with Crippen LogP contribution >= 0.6 is 0 Å². The molecule has 1 aliphatic rings. The summed E-state index contributed by atoms with van der Waals surface area (Å²) in [6.07, 6.45) is -1.10. The Labute approximate surface area is 175 Å². The largest absolute Gasteiger partial charge is 0.496 e. The fourth-order valence-corrected chi connectivity index (χ4v) is 3.93. The minimum absolute atomic E-state index is 0.378. The molecule has 1 fully saturated rings. The highest BCUT2D eigenvalue weighted by Gasteiger charge is 2.32. The summed E-state index contributed by atoms with van der Waals surface area (Å²) in [5.41, 5.74) is 0.978. The van der Waals surface area contributed by atoms with Crippen molar-refractivity contribution in [2.45, 2.75) is 38.1 Å². The molecule has 1 aromatic heterocycles. The lowest BCUT2D eigenvalue weighted by molar-refractivity contribution is -0.141. The zero-order valence-electron chi connectivity index (χ0n) is 17.6. The van der Waals surface area contributed by atoms with E-state index in [2.05, 4.69) is 14.8 Å². The lowest BCUT2D eigenvalue weighted by Crippen LogP contribution is -2.42. The molecule has 2 heterocycles. The van der Waals surface area contributed by atoms with Crippen LogP contribution in [0.2, 0.25) is 0 Å². The van der Waals surface area contributed by atoms with Crippen LogP contribution in [0.1, 0.15) is 29.7 Å². The summed E-state index contributed by atoms with van der Waals surface area (Å²) in [6.45, 7) is 3.20. The molecular formula is C22H28F3N3O2. The van der Waals surface area contributed by atoms with Gasteiger partial charge in [0.1, 0.15) is 17.2 Å². The minimum Gasteiger partial charge on any atom is -0.496 e. The number of rotatable bonds is 7. The van der Waals surface area contributed by atoms with E-state index in [-0.39, 0.29) is 0 Å². The SMILES string of the molecule is COc1cccc(OC)c1CN1CCC(N(C)Cc2ccc(C(F)(F)F)nc2)CC1. The van der Waals surface area contributed by atoms with E-state index in [4.69, 9.17) is 9.47 Å². The lowest BCUT2D eigenvalue weighted by atomic mass is 10.0. The Kier molecular flexibility index (Phi) is 7.20.